The van der Waals surface area contributed by atoms with Crippen molar-refractivity contribution in [2.45, 2.75) is 45.3 Å². The normalized spacial score (nSPS) is 19.0. The molecule has 2 fully saturated rings. The van der Waals surface area contributed by atoms with E-state index in [0.717, 1.165) is 35.7 Å². The quantitative estimate of drug-likeness (QED) is 0.309. The number of hydrogen-bond acceptors (Lipinski definition) is 6. The third-order valence-corrected chi connectivity index (χ3v) is 7.71. The highest BCUT2D eigenvalue weighted by molar-refractivity contribution is 5.92. The second-order valence-electron chi connectivity index (χ2n) is 10.6. The Morgan fingerprint density at radius 2 is 1.67 bits per heavy atom. The van der Waals surface area contributed by atoms with Gasteiger partial charge in [0.25, 0.3) is 0 Å². The molecule has 0 aromatic heterocycles. The van der Waals surface area contributed by atoms with E-state index >= 15 is 0 Å². The molecule has 2 heterocycles. The van der Waals surface area contributed by atoms with Crippen molar-refractivity contribution in [3.63, 3.8) is 0 Å². The Hall–Kier alpha value is -4.18. The molecule has 10 heteroatoms. The molecule has 2 aliphatic heterocycles. The fourth-order valence-corrected chi connectivity index (χ4v) is 5.74. The second kappa shape index (κ2) is 12.4. The van der Waals surface area contributed by atoms with Crippen LogP contribution in [-0.4, -0.2) is 60.5 Å². The standard InChI is InChI=1S/C32H34F2N2O6/c1-3-40-27-16-21(17-28(41-4-2)29(27)22-6-9-24(33)10-7-22)19-35-14-5-12-32(13-15-35)20-36(31(39)42-32)26-11-8-23(30(37)38)18-25(26)34/h6-11,16-18H,3-5,12-15,19-20H2,1-2H3,(H,37,38). The Morgan fingerprint density at radius 1 is 0.976 bits per heavy atom. The first-order valence-electron chi connectivity index (χ1n) is 14.2. The van der Waals surface area contributed by atoms with Crippen molar-refractivity contribution >= 4 is 17.7 Å². The van der Waals surface area contributed by atoms with Gasteiger partial charge in [-0.05, 0) is 86.8 Å². The third-order valence-electron chi connectivity index (χ3n) is 7.71. The summed E-state index contributed by atoms with van der Waals surface area (Å²) >= 11 is 0. The highest BCUT2D eigenvalue weighted by Gasteiger charge is 2.47. The maximum atomic E-state index is 14.7. The van der Waals surface area contributed by atoms with Crippen LogP contribution in [0.4, 0.5) is 19.3 Å². The topological polar surface area (TPSA) is 88.5 Å². The van der Waals surface area contributed by atoms with Crippen molar-refractivity contribution in [2.75, 3.05) is 37.7 Å². The van der Waals surface area contributed by atoms with Crippen molar-refractivity contribution in [1.82, 2.24) is 4.90 Å². The minimum atomic E-state index is -1.24. The summed E-state index contributed by atoms with van der Waals surface area (Å²) in [5.74, 6) is -1.02. The Morgan fingerprint density at radius 3 is 2.29 bits per heavy atom. The van der Waals surface area contributed by atoms with E-state index in [4.69, 9.17) is 19.3 Å². The van der Waals surface area contributed by atoms with Crippen molar-refractivity contribution in [3.8, 4) is 22.6 Å². The number of carboxylic acid groups (broad SMARTS) is 1. The average Bonchev–Trinajstić information content (AvgIpc) is 3.15. The number of aromatic carboxylic acids is 1. The van der Waals surface area contributed by atoms with E-state index in [9.17, 15) is 18.4 Å². The SMILES string of the molecule is CCOc1cc(CN2CCCC3(CC2)CN(c2ccc(C(=O)O)cc2F)C(=O)O3)cc(OCC)c1-c1ccc(F)cc1. The van der Waals surface area contributed by atoms with E-state index in [-0.39, 0.29) is 23.6 Å². The van der Waals surface area contributed by atoms with Crippen LogP contribution in [0, 0.1) is 11.6 Å². The minimum Gasteiger partial charge on any atom is -0.493 e. The fraction of sp³-hybridized carbons (Fsp3) is 0.375. The molecule has 3 aromatic rings. The highest BCUT2D eigenvalue weighted by atomic mass is 19.1. The van der Waals surface area contributed by atoms with Gasteiger partial charge < -0.3 is 19.3 Å². The summed E-state index contributed by atoms with van der Waals surface area (Å²) in [4.78, 5) is 27.6. The van der Waals surface area contributed by atoms with Crippen molar-refractivity contribution in [3.05, 3.63) is 77.4 Å². The van der Waals surface area contributed by atoms with Crippen molar-refractivity contribution < 1.29 is 37.7 Å². The first-order valence-corrected chi connectivity index (χ1v) is 14.2. The minimum absolute atomic E-state index is 0.0103. The molecule has 42 heavy (non-hydrogen) atoms. The molecule has 1 amide bonds. The molecule has 1 N–H and O–H groups in total. The molecule has 0 bridgehead atoms. The molecule has 1 unspecified atom stereocenters. The molecular formula is C32H34F2N2O6. The molecule has 3 aromatic carbocycles. The number of amides is 1. The van der Waals surface area contributed by atoms with Gasteiger partial charge in [-0.1, -0.05) is 12.1 Å². The van der Waals surface area contributed by atoms with Crippen LogP contribution < -0.4 is 14.4 Å². The predicted molar refractivity (Wildman–Crippen MR) is 153 cm³/mol. The lowest BCUT2D eigenvalue weighted by atomic mass is 9.94. The molecule has 1 atom stereocenters. The number of ether oxygens (including phenoxy) is 3. The number of carbonyl (C=O) groups excluding carboxylic acids is 1. The Balaban J connectivity index is 1.33. The van der Waals surface area contributed by atoms with Gasteiger partial charge in [-0.25, -0.2) is 18.4 Å². The predicted octanol–water partition coefficient (Wildman–Crippen LogP) is 6.51. The highest BCUT2D eigenvalue weighted by Crippen LogP contribution is 2.41. The summed E-state index contributed by atoms with van der Waals surface area (Å²) in [6.07, 6.45) is 1.32. The van der Waals surface area contributed by atoms with E-state index in [2.05, 4.69) is 4.90 Å². The van der Waals surface area contributed by atoms with Gasteiger partial charge in [0, 0.05) is 19.5 Å². The van der Waals surface area contributed by atoms with Crippen LogP contribution in [0.15, 0.2) is 54.6 Å². The van der Waals surface area contributed by atoms with Crippen LogP contribution in [0.25, 0.3) is 11.1 Å². The number of rotatable bonds is 9. The lowest BCUT2D eigenvalue weighted by Gasteiger charge is -2.26. The summed E-state index contributed by atoms with van der Waals surface area (Å²) in [5, 5.41) is 9.13. The number of anilines is 1. The smallest absolute Gasteiger partial charge is 0.415 e. The molecule has 0 aliphatic carbocycles. The summed E-state index contributed by atoms with van der Waals surface area (Å²) in [6, 6.07) is 13.7. The zero-order valence-corrected chi connectivity index (χ0v) is 23.7. The molecule has 0 radical (unpaired) electrons. The number of carbonyl (C=O) groups is 2. The van der Waals surface area contributed by atoms with Gasteiger partial charge in [0.05, 0.1) is 36.6 Å². The van der Waals surface area contributed by atoms with Crippen molar-refractivity contribution in [1.29, 1.82) is 0 Å². The third kappa shape index (κ3) is 6.18. The van der Waals surface area contributed by atoms with Gasteiger partial charge in [-0.15, -0.1) is 0 Å². The van der Waals surface area contributed by atoms with E-state index in [0.29, 0.717) is 50.6 Å². The van der Waals surface area contributed by atoms with Gasteiger partial charge in [-0.3, -0.25) is 9.80 Å². The molecule has 8 nitrogen and oxygen atoms in total. The number of hydrogen-bond donors (Lipinski definition) is 1. The van der Waals surface area contributed by atoms with Crippen LogP contribution in [0.2, 0.25) is 0 Å². The summed E-state index contributed by atoms with van der Waals surface area (Å²) in [6.45, 7) is 6.96. The fourth-order valence-electron chi connectivity index (χ4n) is 5.74. The van der Waals surface area contributed by atoms with Gasteiger partial charge in [0.2, 0.25) is 0 Å². The van der Waals surface area contributed by atoms with Crippen LogP contribution in [0.3, 0.4) is 0 Å². The number of nitrogens with zero attached hydrogens (tertiary/aromatic N) is 2. The first kappa shape index (κ1) is 29.3. The Kier molecular flexibility index (Phi) is 8.63. The lowest BCUT2D eigenvalue weighted by Crippen LogP contribution is -2.36. The van der Waals surface area contributed by atoms with Crippen molar-refractivity contribution in [2.24, 2.45) is 0 Å². The largest absolute Gasteiger partial charge is 0.493 e. The van der Waals surface area contributed by atoms with E-state index in [1.165, 1.54) is 29.2 Å². The van der Waals surface area contributed by atoms with Crippen LogP contribution in [0.1, 0.15) is 49.0 Å². The number of likely N-dealkylation sites (tertiary alicyclic amines) is 1. The average molecular weight is 581 g/mol. The maximum absolute atomic E-state index is 14.7. The molecule has 5 rings (SSSR count). The molecule has 0 saturated carbocycles. The number of carboxylic acids is 1. The summed E-state index contributed by atoms with van der Waals surface area (Å²) in [5.41, 5.74) is 1.63. The van der Waals surface area contributed by atoms with E-state index in [1.807, 2.05) is 26.0 Å². The molecule has 222 valence electrons. The zero-order valence-electron chi connectivity index (χ0n) is 23.7. The van der Waals surface area contributed by atoms with Gasteiger partial charge in [-0.2, -0.15) is 0 Å². The first-order chi connectivity index (χ1) is 20.2. The van der Waals surface area contributed by atoms with Crippen LogP contribution in [0.5, 0.6) is 11.5 Å². The van der Waals surface area contributed by atoms with Gasteiger partial charge >= 0.3 is 12.1 Å². The molecule has 2 aliphatic rings. The van der Waals surface area contributed by atoms with Crippen LogP contribution >= 0.6 is 0 Å². The second-order valence-corrected chi connectivity index (χ2v) is 10.6. The van der Waals surface area contributed by atoms with E-state index < -0.39 is 23.5 Å². The number of benzene rings is 3. The van der Waals surface area contributed by atoms with Gasteiger partial charge in [0.1, 0.15) is 28.7 Å². The monoisotopic (exact) mass is 580 g/mol. The Labute approximate surface area is 243 Å². The molecule has 2 saturated heterocycles. The van der Waals surface area contributed by atoms with Gasteiger partial charge in [0.15, 0.2) is 0 Å². The maximum Gasteiger partial charge on any atom is 0.415 e. The van der Waals surface area contributed by atoms with E-state index in [1.54, 1.807) is 12.1 Å². The molecular weight excluding hydrogens is 546 g/mol. The lowest BCUT2D eigenvalue weighted by molar-refractivity contribution is 0.0442. The summed E-state index contributed by atoms with van der Waals surface area (Å²) in [7, 11) is 0. The Bertz CT molecular complexity index is 1440. The zero-order chi connectivity index (χ0) is 29.9. The summed E-state index contributed by atoms with van der Waals surface area (Å²) < 4.78 is 46.3. The number of halogens is 2. The van der Waals surface area contributed by atoms with Crippen LogP contribution in [-0.2, 0) is 11.3 Å². The molecule has 1 spiro atoms.